The van der Waals surface area contributed by atoms with E-state index >= 15 is 0 Å². The Labute approximate surface area is 137 Å². The van der Waals surface area contributed by atoms with E-state index in [4.69, 9.17) is 16.3 Å². The average Bonchev–Trinajstić information content (AvgIpc) is 2.76. The number of nitrogens with zero attached hydrogens (tertiary/aromatic N) is 2. The number of alkyl halides is 1. The summed E-state index contributed by atoms with van der Waals surface area (Å²) in [7, 11) is 0. The molecule has 0 bridgehead atoms. The standard InChI is InChI=1S/C15H19BrClFN2O/c1-10(2)3-5-21-6-4-20-14-7-11(16)12(18)8-13(14)19-15(20)9-17/h7-8,10H,3-6,9H2,1-2H3. The van der Waals surface area contributed by atoms with E-state index in [1.165, 1.54) is 6.07 Å². The number of hydrogen-bond donors (Lipinski definition) is 0. The van der Waals surface area contributed by atoms with Gasteiger partial charge in [0.05, 0.1) is 28.0 Å². The van der Waals surface area contributed by atoms with Crippen molar-refractivity contribution < 1.29 is 9.13 Å². The van der Waals surface area contributed by atoms with Gasteiger partial charge in [0.15, 0.2) is 0 Å². The summed E-state index contributed by atoms with van der Waals surface area (Å²) < 4.78 is 21.6. The largest absolute Gasteiger partial charge is 0.380 e. The molecule has 1 heterocycles. The zero-order chi connectivity index (χ0) is 15.4. The van der Waals surface area contributed by atoms with E-state index in [0.717, 1.165) is 24.4 Å². The first kappa shape index (κ1) is 16.7. The zero-order valence-corrected chi connectivity index (χ0v) is 14.5. The Morgan fingerprint density at radius 3 is 2.81 bits per heavy atom. The Morgan fingerprint density at radius 2 is 2.14 bits per heavy atom. The van der Waals surface area contributed by atoms with Crippen LogP contribution in [0.25, 0.3) is 11.0 Å². The summed E-state index contributed by atoms with van der Waals surface area (Å²) in [5, 5.41) is 0. The summed E-state index contributed by atoms with van der Waals surface area (Å²) in [6.07, 6.45) is 1.05. The monoisotopic (exact) mass is 376 g/mol. The van der Waals surface area contributed by atoms with Crippen molar-refractivity contribution in [2.75, 3.05) is 13.2 Å². The molecule has 0 radical (unpaired) electrons. The van der Waals surface area contributed by atoms with Crippen LogP contribution in [0.2, 0.25) is 0 Å². The van der Waals surface area contributed by atoms with E-state index in [1.807, 2.05) is 4.57 Å². The maximum atomic E-state index is 13.6. The smallest absolute Gasteiger partial charge is 0.139 e. The fraction of sp³-hybridized carbons (Fsp3) is 0.533. The molecule has 21 heavy (non-hydrogen) atoms. The molecule has 1 aromatic carbocycles. The molecule has 0 saturated heterocycles. The number of ether oxygens (including phenoxy) is 1. The molecule has 0 spiro atoms. The number of benzene rings is 1. The second kappa shape index (κ2) is 7.56. The van der Waals surface area contributed by atoms with Crippen molar-refractivity contribution in [2.24, 2.45) is 5.92 Å². The average molecular weight is 378 g/mol. The molecule has 0 amide bonds. The molecule has 0 unspecified atom stereocenters. The second-order valence-electron chi connectivity index (χ2n) is 5.36. The van der Waals surface area contributed by atoms with Gasteiger partial charge in [0.2, 0.25) is 0 Å². The molecule has 3 nitrogen and oxygen atoms in total. The third kappa shape index (κ3) is 4.18. The molecule has 2 aromatic rings. The van der Waals surface area contributed by atoms with Crippen LogP contribution in [0.15, 0.2) is 16.6 Å². The molecule has 2 rings (SSSR count). The van der Waals surface area contributed by atoms with Crippen molar-refractivity contribution in [2.45, 2.75) is 32.7 Å². The molecular formula is C15H19BrClFN2O. The Hall–Kier alpha value is -0.650. The first-order valence-corrected chi connectivity index (χ1v) is 8.33. The van der Waals surface area contributed by atoms with E-state index in [-0.39, 0.29) is 5.82 Å². The van der Waals surface area contributed by atoms with Crippen molar-refractivity contribution in [3.63, 3.8) is 0 Å². The van der Waals surface area contributed by atoms with Gasteiger partial charge in [-0.1, -0.05) is 13.8 Å². The molecular weight excluding hydrogens is 359 g/mol. The fourth-order valence-electron chi connectivity index (χ4n) is 2.10. The Morgan fingerprint density at radius 1 is 1.38 bits per heavy atom. The second-order valence-corrected chi connectivity index (χ2v) is 6.48. The molecule has 6 heteroatoms. The molecule has 0 saturated carbocycles. The van der Waals surface area contributed by atoms with E-state index in [2.05, 4.69) is 34.8 Å². The normalized spacial score (nSPS) is 11.7. The van der Waals surface area contributed by atoms with Crippen LogP contribution >= 0.6 is 27.5 Å². The number of aromatic nitrogens is 2. The zero-order valence-electron chi connectivity index (χ0n) is 12.2. The van der Waals surface area contributed by atoms with E-state index in [0.29, 0.717) is 34.9 Å². The van der Waals surface area contributed by atoms with Gasteiger partial charge in [0.25, 0.3) is 0 Å². The lowest BCUT2D eigenvalue weighted by atomic mass is 10.1. The van der Waals surface area contributed by atoms with Gasteiger partial charge in [-0.05, 0) is 34.3 Å². The van der Waals surface area contributed by atoms with E-state index in [1.54, 1.807) is 6.07 Å². The number of hydrogen-bond acceptors (Lipinski definition) is 2. The van der Waals surface area contributed by atoms with Gasteiger partial charge in [0.1, 0.15) is 11.6 Å². The minimum Gasteiger partial charge on any atom is -0.380 e. The van der Waals surface area contributed by atoms with Crippen molar-refractivity contribution >= 4 is 38.6 Å². The lowest BCUT2D eigenvalue weighted by Gasteiger charge is -2.10. The minimum atomic E-state index is -0.318. The summed E-state index contributed by atoms with van der Waals surface area (Å²) in [4.78, 5) is 4.37. The van der Waals surface area contributed by atoms with Crippen LogP contribution in [0.5, 0.6) is 0 Å². The summed E-state index contributed by atoms with van der Waals surface area (Å²) in [6.45, 7) is 6.35. The third-order valence-corrected chi connectivity index (χ3v) is 4.13. The first-order chi connectivity index (χ1) is 10.0. The van der Waals surface area contributed by atoms with Crippen LogP contribution in [-0.2, 0) is 17.2 Å². The van der Waals surface area contributed by atoms with E-state index in [9.17, 15) is 4.39 Å². The molecule has 0 aliphatic carbocycles. The third-order valence-electron chi connectivity index (χ3n) is 3.29. The topological polar surface area (TPSA) is 27.1 Å². The summed E-state index contributed by atoms with van der Waals surface area (Å²) in [5.41, 5.74) is 1.49. The number of rotatable bonds is 7. The highest BCUT2D eigenvalue weighted by molar-refractivity contribution is 9.10. The van der Waals surface area contributed by atoms with Crippen LogP contribution in [0.3, 0.4) is 0 Å². The minimum absolute atomic E-state index is 0.292. The molecule has 0 aliphatic rings. The maximum absolute atomic E-state index is 13.6. The number of fused-ring (bicyclic) bond motifs is 1. The van der Waals surface area contributed by atoms with Crippen molar-refractivity contribution in [1.82, 2.24) is 9.55 Å². The van der Waals surface area contributed by atoms with Crippen LogP contribution in [-0.4, -0.2) is 22.8 Å². The molecule has 0 aliphatic heterocycles. The van der Waals surface area contributed by atoms with Crippen molar-refractivity contribution in [3.8, 4) is 0 Å². The Bertz CT molecular complexity index is 615. The van der Waals surface area contributed by atoms with Crippen LogP contribution in [0.4, 0.5) is 4.39 Å². The lowest BCUT2D eigenvalue weighted by Crippen LogP contribution is -2.10. The number of halogens is 3. The Balaban J connectivity index is 2.12. The van der Waals surface area contributed by atoms with Crippen molar-refractivity contribution in [3.05, 3.63) is 28.2 Å². The molecule has 116 valence electrons. The van der Waals surface area contributed by atoms with Crippen molar-refractivity contribution in [1.29, 1.82) is 0 Å². The first-order valence-electron chi connectivity index (χ1n) is 7.00. The lowest BCUT2D eigenvalue weighted by molar-refractivity contribution is 0.116. The van der Waals surface area contributed by atoms with Gasteiger partial charge in [-0.25, -0.2) is 9.37 Å². The summed E-state index contributed by atoms with van der Waals surface area (Å²) in [5.74, 6) is 1.34. The molecule has 0 N–H and O–H groups in total. The van der Waals surface area contributed by atoms with Crippen LogP contribution < -0.4 is 0 Å². The molecule has 0 fully saturated rings. The number of imidazole rings is 1. The predicted octanol–water partition coefficient (Wildman–Crippen LogP) is 4.74. The highest BCUT2D eigenvalue weighted by Crippen LogP contribution is 2.24. The van der Waals surface area contributed by atoms with Crippen LogP contribution in [0.1, 0.15) is 26.1 Å². The van der Waals surface area contributed by atoms with Gasteiger partial charge >= 0.3 is 0 Å². The van der Waals surface area contributed by atoms with Gasteiger partial charge < -0.3 is 9.30 Å². The highest BCUT2D eigenvalue weighted by atomic mass is 79.9. The van der Waals surface area contributed by atoms with Gasteiger partial charge in [-0.3, -0.25) is 0 Å². The van der Waals surface area contributed by atoms with Gasteiger partial charge in [0, 0.05) is 19.2 Å². The Kier molecular flexibility index (Phi) is 6.02. The van der Waals surface area contributed by atoms with Gasteiger partial charge in [-0.15, -0.1) is 11.6 Å². The summed E-state index contributed by atoms with van der Waals surface area (Å²) in [6, 6.07) is 3.16. The van der Waals surface area contributed by atoms with Gasteiger partial charge in [-0.2, -0.15) is 0 Å². The molecule has 1 aromatic heterocycles. The fourth-order valence-corrected chi connectivity index (χ4v) is 2.63. The highest BCUT2D eigenvalue weighted by Gasteiger charge is 2.12. The maximum Gasteiger partial charge on any atom is 0.139 e. The summed E-state index contributed by atoms with van der Waals surface area (Å²) >= 11 is 9.15. The molecule has 0 atom stereocenters. The quantitative estimate of drug-likeness (QED) is 0.515. The predicted molar refractivity (Wildman–Crippen MR) is 87.2 cm³/mol. The van der Waals surface area contributed by atoms with E-state index < -0.39 is 0 Å². The van der Waals surface area contributed by atoms with Crippen LogP contribution in [0, 0.1) is 11.7 Å². The SMILES string of the molecule is CC(C)CCOCCn1c(CCl)nc2cc(F)c(Br)cc21.